The number of benzene rings is 1. The van der Waals surface area contributed by atoms with Crippen molar-refractivity contribution in [2.75, 3.05) is 11.9 Å². The summed E-state index contributed by atoms with van der Waals surface area (Å²) >= 11 is 0. The van der Waals surface area contributed by atoms with Crippen molar-refractivity contribution in [2.24, 2.45) is 5.92 Å². The molecule has 0 radical (unpaired) electrons. The van der Waals surface area contributed by atoms with E-state index in [4.69, 9.17) is 0 Å². The summed E-state index contributed by atoms with van der Waals surface area (Å²) in [5, 5.41) is 3.17. The molecule has 0 spiro atoms. The smallest absolute Gasteiger partial charge is 0.214 e. The number of rotatable bonds is 8. The zero-order chi connectivity index (χ0) is 17.6. The Kier molecular flexibility index (Phi) is 7.11. The highest BCUT2D eigenvalue weighted by molar-refractivity contribution is 7.90. The maximum atomic E-state index is 11.9. The second-order valence-electron chi connectivity index (χ2n) is 7.26. The fourth-order valence-electron chi connectivity index (χ4n) is 3.19. The molecule has 1 aliphatic rings. The molecule has 136 valence electrons. The van der Waals surface area contributed by atoms with Crippen LogP contribution in [0.2, 0.25) is 0 Å². The molecule has 5 heteroatoms. The summed E-state index contributed by atoms with van der Waals surface area (Å²) in [6.07, 6.45) is 6.34. The highest BCUT2D eigenvalue weighted by atomic mass is 32.2. The Morgan fingerprint density at radius 1 is 1.08 bits per heavy atom. The second-order valence-corrected chi connectivity index (χ2v) is 9.53. The predicted molar refractivity (Wildman–Crippen MR) is 102 cm³/mol. The topological polar surface area (TPSA) is 58.2 Å². The highest BCUT2D eigenvalue weighted by Crippen LogP contribution is 2.25. The third-order valence-corrected chi connectivity index (χ3v) is 6.79. The molecular weight excluding hydrogens is 320 g/mol. The molecule has 0 unspecified atom stereocenters. The molecule has 1 aliphatic carbocycles. The lowest BCUT2D eigenvalue weighted by Crippen LogP contribution is -2.41. The Morgan fingerprint density at radius 2 is 1.71 bits per heavy atom. The van der Waals surface area contributed by atoms with Crippen molar-refractivity contribution in [3.8, 4) is 0 Å². The predicted octanol–water partition coefficient (Wildman–Crippen LogP) is 3.94. The Balaban J connectivity index is 1.73. The van der Waals surface area contributed by atoms with E-state index in [2.05, 4.69) is 41.2 Å². The second kappa shape index (κ2) is 8.86. The summed E-state index contributed by atoms with van der Waals surface area (Å²) in [4.78, 5) is 0. The van der Waals surface area contributed by atoms with Crippen LogP contribution in [-0.4, -0.2) is 26.3 Å². The van der Waals surface area contributed by atoms with E-state index in [0.717, 1.165) is 38.6 Å². The van der Waals surface area contributed by atoms with Gasteiger partial charge in [0.25, 0.3) is 0 Å². The summed E-state index contributed by atoms with van der Waals surface area (Å²) in [5.74, 6) is 0.625. The molecule has 2 rings (SSSR count). The van der Waals surface area contributed by atoms with Gasteiger partial charge in [-0.3, -0.25) is 0 Å². The number of sulfonamides is 1. The maximum Gasteiger partial charge on any atom is 0.214 e. The molecule has 0 saturated heterocycles. The molecule has 1 fully saturated rings. The quantitative estimate of drug-likeness (QED) is 0.745. The number of hydrogen-bond acceptors (Lipinski definition) is 3. The van der Waals surface area contributed by atoms with Crippen LogP contribution >= 0.6 is 0 Å². The Labute approximate surface area is 147 Å². The monoisotopic (exact) mass is 352 g/mol. The van der Waals surface area contributed by atoms with E-state index in [-0.39, 0.29) is 11.3 Å². The van der Waals surface area contributed by atoms with Crippen LogP contribution in [0.15, 0.2) is 24.3 Å². The maximum absolute atomic E-state index is 11.9. The van der Waals surface area contributed by atoms with Crippen molar-refractivity contribution >= 4 is 15.7 Å². The molecule has 0 aromatic heterocycles. The fraction of sp³-hybridized carbons (Fsp3) is 0.684. The van der Waals surface area contributed by atoms with Crippen molar-refractivity contribution in [1.82, 2.24) is 4.72 Å². The van der Waals surface area contributed by atoms with Gasteiger partial charge < -0.3 is 5.32 Å². The van der Waals surface area contributed by atoms with Gasteiger partial charge >= 0.3 is 0 Å². The van der Waals surface area contributed by atoms with Gasteiger partial charge in [-0.25, -0.2) is 13.1 Å². The first-order valence-corrected chi connectivity index (χ1v) is 10.8. The third-order valence-electron chi connectivity index (χ3n) is 4.89. The molecule has 0 heterocycles. The first-order chi connectivity index (χ1) is 11.4. The van der Waals surface area contributed by atoms with E-state index in [1.165, 1.54) is 17.7 Å². The van der Waals surface area contributed by atoms with Crippen molar-refractivity contribution in [1.29, 1.82) is 0 Å². The van der Waals surface area contributed by atoms with Gasteiger partial charge in [-0.2, -0.15) is 0 Å². The van der Waals surface area contributed by atoms with Crippen molar-refractivity contribution in [3.05, 3.63) is 29.8 Å². The van der Waals surface area contributed by atoms with Gasteiger partial charge in [0.1, 0.15) is 0 Å². The average molecular weight is 353 g/mol. The Morgan fingerprint density at radius 3 is 2.25 bits per heavy atom. The molecule has 0 aliphatic heterocycles. The molecule has 4 nitrogen and oxygen atoms in total. The molecule has 1 saturated carbocycles. The van der Waals surface area contributed by atoms with Crippen LogP contribution in [0.4, 0.5) is 5.69 Å². The van der Waals surface area contributed by atoms with Crippen LogP contribution in [0.5, 0.6) is 0 Å². The van der Waals surface area contributed by atoms with Gasteiger partial charge in [0.15, 0.2) is 0 Å². The van der Waals surface area contributed by atoms with Crippen molar-refractivity contribution < 1.29 is 8.42 Å². The summed E-state index contributed by atoms with van der Waals surface area (Å²) < 4.78 is 26.7. The first kappa shape index (κ1) is 19.3. The highest BCUT2D eigenvalue weighted by Gasteiger charge is 2.26. The fourth-order valence-corrected chi connectivity index (χ4v) is 4.17. The van der Waals surface area contributed by atoms with Gasteiger partial charge in [-0.1, -0.05) is 25.5 Å². The molecular formula is C19H32N2O2S. The molecule has 1 aromatic rings. The Bertz CT molecular complexity index is 588. The molecule has 2 N–H and O–H groups in total. The number of nitrogens with one attached hydrogen (secondary N) is 2. The molecule has 0 amide bonds. The first-order valence-electron chi connectivity index (χ1n) is 9.24. The minimum Gasteiger partial charge on any atom is -0.385 e. The van der Waals surface area contributed by atoms with Gasteiger partial charge in [0.05, 0.1) is 5.25 Å². The lowest BCUT2D eigenvalue weighted by atomic mass is 9.86. The van der Waals surface area contributed by atoms with Crippen molar-refractivity contribution in [2.45, 2.75) is 70.6 Å². The van der Waals surface area contributed by atoms with Gasteiger partial charge in [0.2, 0.25) is 10.0 Å². The summed E-state index contributed by atoms with van der Waals surface area (Å²) in [6.45, 7) is 6.62. The normalized spacial score (nSPS) is 21.8. The van der Waals surface area contributed by atoms with E-state index in [0.29, 0.717) is 5.92 Å². The molecule has 1 aromatic carbocycles. The summed E-state index contributed by atoms with van der Waals surface area (Å²) in [7, 11) is -3.15. The van der Waals surface area contributed by atoms with E-state index in [9.17, 15) is 8.42 Å². The van der Waals surface area contributed by atoms with Crippen LogP contribution in [0.1, 0.15) is 58.4 Å². The van der Waals surface area contributed by atoms with Gasteiger partial charge in [-0.15, -0.1) is 0 Å². The van der Waals surface area contributed by atoms with E-state index < -0.39 is 10.0 Å². The lowest BCUT2D eigenvalue weighted by molar-refractivity contribution is 0.323. The lowest BCUT2D eigenvalue weighted by Gasteiger charge is -2.29. The third kappa shape index (κ3) is 5.78. The molecule has 0 bridgehead atoms. The van der Waals surface area contributed by atoms with E-state index in [1.54, 1.807) is 13.8 Å². The average Bonchev–Trinajstić information content (AvgIpc) is 2.55. The summed E-state index contributed by atoms with van der Waals surface area (Å²) in [5.41, 5.74) is 2.57. The zero-order valence-electron chi connectivity index (χ0n) is 15.2. The Hall–Kier alpha value is -1.07. The molecule has 24 heavy (non-hydrogen) atoms. The van der Waals surface area contributed by atoms with Crippen LogP contribution in [-0.2, 0) is 16.4 Å². The van der Waals surface area contributed by atoms with Crippen LogP contribution < -0.4 is 10.0 Å². The zero-order valence-corrected chi connectivity index (χ0v) is 16.0. The standard InChI is InChI=1S/C19H32N2O2S/c1-4-5-16-6-10-18(11-7-16)20-14-17-8-12-19(13-9-17)21-24(22,23)15(2)3/h6-7,10-11,15,17,19-21H,4-5,8-9,12-14H2,1-3H3/t17-,19-. The van der Waals surface area contributed by atoms with Gasteiger partial charge in [0, 0.05) is 18.3 Å². The number of aryl methyl sites for hydroxylation is 1. The minimum absolute atomic E-state index is 0.113. The van der Waals surface area contributed by atoms with E-state index >= 15 is 0 Å². The van der Waals surface area contributed by atoms with Gasteiger partial charge in [-0.05, 0) is 69.6 Å². The molecule has 0 atom stereocenters. The SMILES string of the molecule is CCCc1ccc(NC[C@H]2CC[C@H](NS(=O)(=O)C(C)C)CC2)cc1. The van der Waals surface area contributed by atoms with E-state index in [1.807, 2.05) is 0 Å². The van der Waals surface area contributed by atoms with Crippen LogP contribution in [0.25, 0.3) is 0 Å². The summed E-state index contributed by atoms with van der Waals surface area (Å²) in [6, 6.07) is 8.83. The largest absolute Gasteiger partial charge is 0.385 e. The number of hydrogen-bond donors (Lipinski definition) is 2. The number of anilines is 1. The van der Waals surface area contributed by atoms with Crippen LogP contribution in [0.3, 0.4) is 0 Å². The minimum atomic E-state index is -3.15. The van der Waals surface area contributed by atoms with Crippen molar-refractivity contribution in [3.63, 3.8) is 0 Å². The van der Waals surface area contributed by atoms with Crippen LogP contribution in [0, 0.1) is 5.92 Å².